The Morgan fingerprint density at radius 1 is 1.10 bits per heavy atom. The third-order valence-corrected chi connectivity index (χ3v) is 6.04. The van der Waals surface area contributed by atoms with Gasteiger partial charge in [-0.2, -0.15) is 13.2 Å². The van der Waals surface area contributed by atoms with Crippen molar-refractivity contribution in [2.45, 2.75) is 51.4 Å². The van der Waals surface area contributed by atoms with E-state index in [1.807, 2.05) is 17.2 Å². The molecule has 3 rings (SSSR count). The molecule has 2 saturated heterocycles. The molecular formula is C21H33F3N6. The van der Waals surface area contributed by atoms with Crippen LogP contribution in [0.25, 0.3) is 0 Å². The van der Waals surface area contributed by atoms with E-state index in [0.717, 1.165) is 30.4 Å². The lowest BCUT2D eigenvalue weighted by atomic mass is 10.2. The molecule has 0 spiro atoms. The van der Waals surface area contributed by atoms with Gasteiger partial charge in [-0.25, -0.2) is 4.98 Å². The summed E-state index contributed by atoms with van der Waals surface area (Å²) < 4.78 is 38.9. The monoisotopic (exact) mass is 426 g/mol. The van der Waals surface area contributed by atoms with Gasteiger partial charge in [0.15, 0.2) is 5.96 Å². The van der Waals surface area contributed by atoms with E-state index >= 15 is 0 Å². The molecule has 1 N–H and O–H groups in total. The smallest absolute Gasteiger partial charge is 0.357 e. The van der Waals surface area contributed by atoms with Crippen molar-refractivity contribution < 1.29 is 13.2 Å². The molecule has 3 heterocycles. The maximum atomic E-state index is 13.0. The summed E-state index contributed by atoms with van der Waals surface area (Å²) in [5.41, 5.74) is 1.12. The van der Waals surface area contributed by atoms with Crippen LogP contribution in [0.4, 0.5) is 19.0 Å². The minimum atomic E-state index is -4.19. The summed E-state index contributed by atoms with van der Waals surface area (Å²) in [7, 11) is 1.71. The van der Waals surface area contributed by atoms with Crippen molar-refractivity contribution >= 4 is 11.8 Å². The van der Waals surface area contributed by atoms with Gasteiger partial charge in [0.1, 0.15) is 11.9 Å². The van der Waals surface area contributed by atoms with Gasteiger partial charge in [0.25, 0.3) is 0 Å². The summed E-state index contributed by atoms with van der Waals surface area (Å²) in [6.45, 7) is 5.72. The fraction of sp³-hybridized carbons (Fsp3) is 0.714. The Morgan fingerprint density at radius 3 is 2.37 bits per heavy atom. The van der Waals surface area contributed by atoms with Gasteiger partial charge in [0.05, 0.1) is 0 Å². The predicted molar refractivity (Wildman–Crippen MR) is 114 cm³/mol. The molecule has 0 bridgehead atoms. The number of aliphatic imine (C=N–C) groups is 1. The molecule has 30 heavy (non-hydrogen) atoms. The Balaban J connectivity index is 1.53. The number of pyridine rings is 1. The van der Waals surface area contributed by atoms with E-state index in [-0.39, 0.29) is 0 Å². The number of alkyl halides is 3. The highest BCUT2D eigenvalue weighted by atomic mass is 19.4. The Labute approximate surface area is 177 Å². The number of nitrogens with zero attached hydrogens (tertiary/aromatic N) is 5. The first kappa shape index (κ1) is 22.7. The van der Waals surface area contributed by atoms with Crippen molar-refractivity contribution in [3.63, 3.8) is 0 Å². The number of piperazine rings is 1. The maximum absolute atomic E-state index is 13.0. The van der Waals surface area contributed by atoms with Crippen molar-refractivity contribution in [2.75, 3.05) is 51.2 Å². The molecule has 2 aliphatic heterocycles. The first-order valence-electron chi connectivity index (χ1n) is 10.8. The molecule has 2 aliphatic rings. The average Bonchev–Trinajstić information content (AvgIpc) is 3.03. The van der Waals surface area contributed by atoms with Gasteiger partial charge in [-0.05, 0) is 37.5 Å². The fourth-order valence-corrected chi connectivity index (χ4v) is 4.08. The second-order valence-corrected chi connectivity index (χ2v) is 8.06. The molecule has 1 unspecified atom stereocenters. The summed E-state index contributed by atoms with van der Waals surface area (Å²) in [6, 6.07) is 2.70. The SMILES string of the molecule is CN=C(NCc1ccnc(N2CCCCCC2)c1)N1CCN(C(C)C(F)(F)F)CC1. The first-order chi connectivity index (χ1) is 14.4. The van der Waals surface area contributed by atoms with Crippen LogP contribution < -0.4 is 10.2 Å². The molecule has 2 fully saturated rings. The summed E-state index contributed by atoms with van der Waals surface area (Å²) in [6.07, 6.45) is 2.63. The van der Waals surface area contributed by atoms with Crippen LogP contribution in [0.1, 0.15) is 38.2 Å². The lowest BCUT2D eigenvalue weighted by Crippen LogP contribution is -2.56. The topological polar surface area (TPSA) is 47.0 Å². The Kier molecular flexibility index (Phi) is 7.80. The van der Waals surface area contributed by atoms with Crippen LogP contribution in [0.15, 0.2) is 23.3 Å². The van der Waals surface area contributed by atoms with E-state index < -0.39 is 12.2 Å². The van der Waals surface area contributed by atoms with Crippen LogP contribution in [0.2, 0.25) is 0 Å². The molecule has 0 radical (unpaired) electrons. The number of hydrogen-bond acceptors (Lipinski definition) is 4. The highest BCUT2D eigenvalue weighted by molar-refractivity contribution is 5.80. The van der Waals surface area contributed by atoms with Gasteiger partial charge in [-0.15, -0.1) is 0 Å². The number of anilines is 1. The second kappa shape index (κ2) is 10.3. The third-order valence-electron chi connectivity index (χ3n) is 6.04. The van der Waals surface area contributed by atoms with Gasteiger partial charge in [0, 0.05) is 59.1 Å². The van der Waals surface area contributed by atoms with Crippen LogP contribution in [-0.4, -0.2) is 79.3 Å². The molecule has 0 aliphatic carbocycles. The molecule has 1 aromatic rings. The number of rotatable bonds is 4. The van der Waals surface area contributed by atoms with Crippen LogP contribution in [-0.2, 0) is 6.54 Å². The Hall–Kier alpha value is -2.03. The van der Waals surface area contributed by atoms with E-state index in [1.165, 1.54) is 37.5 Å². The van der Waals surface area contributed by atoms with Gasteiger partial charge >= 0.3 is 6.18 Å². The molecule has 9 heteroatoms. The maximum Gasteiger partial charge on any atom is 0.403 e. The summed E-state index contributed by atoms with van der Waals surface area (Å²) >= 11 is 0. The second-order valence-electron chi connectivity index (χ2n) is 8.06. The predicted octanol–water partition coefficient (Wildman–Crippen LogP) is 3.11. The van der Waals surface area contributed by atoms with Crippen molar-refractivity contribution in [3.05, 3.63) is 23.9 Å². The van der Waals surface area contributed by atoms with Gasteiger partial charge < -0.3 is 15.1 Å². The molecular weight excluding hydrogens is 393 g/mol. The van der Waals surface area contributed by atoms with Gasteiger partial charge in [-0.3, -0.25) is 9.89 Å². The van der Waals surface area contributed by atoms with Gasteiger partial charge in [0.2, 0.25) is 0 Å². The molecule has 1 aromatic heterocycles. The van der Waals surface area contributed by atoms with E-state index in [1.54, 1.807) is 7.05 Å². The summed E-state index contributed by atoms with van der Waals surface area (Å²) in [5.74, 6) is 1.74. The zero-order valence-corrected chi connectivity index (χ0v) is 18.0. The highest BCUT2D eigenvalue weighted by Gasteiger charge is 2.41. The minimum absolute atomic E-state index is 0.371. The molecule has 6 nitrogen and oxygen atoms in total. The van der Waals surface area contributed by atoms with Crippen molar-refractivity contribution in [3.8, 4) is 0 Å². The number of halogens is 3. The standard InChI is InChI=1S/C21H33F3N6/c1-17(21(22,23)24)28-11-13-30(14-12-28)20(25-2)27-16-18-7-8-26-19(15-18)29-9-5-3-4-6-10-29/h7-8,15,17H,3-6,9-14,16H2,1-2H3,(H,25,27). The van der Waals surface area contributed by atoms with Crippen LogP contribution in [0, 0.1) is 0 Å². The van der Waals surface area contributed by atoms with E-state index in [0.29, 0.717) is 32.7 Å². The van der Waals surface area contributed by atoms with Crippen LogP contribution in [0.5, 0.6) is 0 Å². The van der Waals surface area contributed by atoms with E-state index in [4.69, 9.17) is 0 Å². The number of nitrogens with one attached hydrogen (secondary N) is 1. The number of guanidine groups is 1. The van der Waals surface area contributed by atoms with Gasteiger partial charge in [-0.1, -0.05) is 12.8 Å². The fourth-order valence-electron chi connectivity index (χ4n) is 4.08. The Morgan fingerprint density at radius 2 is 1.77 bits per heavy atom. The molecule has 0 aromatic carbocycles. The summed E-state index contributed by atoms with van der Waals surface area (Å²) in [5, 5.41) is 3.36. The first-order valence-corrected chi connectivity index (χ1v) is 10.8. The quantitative estimate of drug-likeness (QED) is 0.592. The lowest BCUT2D eigenvalue weighted by Gasteiger charge is -2.39. The summed E-state index contributed by atoms with van der Waals surface area (Å²) in [4.78, 5) is 14.7. The lowest BCUT2D eigenvalue weighted by molar-refractivity contribution is -0.181. The Bertz CT molecular complexity index is 692. The molecule has 168 valence electrons. The zero-order valence-electron chi connectivity index (χ0n) is 18.0. The molecule has 1 atom stereocenters. The van der Waals surface area contributed by atoms with Crippen LogP contribution >= 0.6 is 0 Å². The minimum Gasteiger partial charge on any atom is -0.357 e. The highest BCUT2D eigenvalue weighted by Crippen LogP contribution is 2.25. The number of aromatic nitrogens is 1. The largest absolute Gasteiger partial charge is 0.403 e. The zero-order chi connectivity index (χ0) is 21.6. The average molecular weight is 427 g/mol. The van der Waals surface area contributed by atoms with Crippen molar-refractivity contribution in [2.24, 2.45) is 4.99 Å². The molecule has 0 amide bonds. The van der Waals surface area contributed by atoms with Crippen LogP contribution in [0.3, 0.4) is 0 Å². The third kappa shape index (κ3) is 6.00. The number of hydrogen-bond donors (Lipinski definition) is 1. The van der Waals surface area contributed by atoms with Crippen molar-refractivity contribution in [1.29, 1.82) is 0 Å². The molecule has 0 saturated carbocycles. The van der Waals surface area contributed by atoms with E-state index in [9.17, 15) is 13.2 Å². The normalized spacial score (nSPS) is 20.8. The van der Waals surface area contributed by atoms with E-state index in [2.05, 4.69) is 26.3 Å². The van der Waals surface area contributed by atoms with Crippen molar-refractivity contribution in [1.82, 2.24) is 20.1 Å².